The second-order valence-corrected chi connectivity index (χ2v) is 4.87. The Bertz CT molecular complexity index is 340. The fourth-order valence-corrected chi connectivity index (χ4v) is 2.22. The maximum atomic E-state index is 10.5. The Morgan fingerprint density at radius 3 is 2.69 bits per heavy atom. The van der Waals surface area contributed by atoms with Gasteiger partial charge in [-0.25, -0.2) is 0 Å². The van der Waals surface area contributed by atoms with Crippen molar-refractivity contribution < 1.29 is 5.11 Å². The average molecular weight is 223 g/mol. The Balaban J connectivity index is 2.01. The number of hydrogen-bond acceptors (Lipinski definition) is 3. The number of aliphatic hydroxyl groups is 1. The molecule has 0 amide bonds. The summed E-state index contributed by atoms with van der Waals surface area (Å²) in [5, 5.41) is 13.8. The zero-order valence-electron chi connectivity index (χ0n) is 10.1. The Morgan fingerprint density at radius 1 is 1.44 bits per heavy atom. The lowest BCUT2D eigenvalue weighted by Gasteiger charge is -2.33. The van der Waals surface area contributed by atoms with E-state index in [-0.39, 0.29) is 0 Å². The molecule has 1 atom stereocenters. The predicted molar refractivity (Wildman–Crippen MR) is 64.3 cm³/mol. The molecule has 0 radical (unpaired) electrons. The first-order valence-corrected chi connectivity index (χ1v) is 5.86. The van der Waals surface area contributed by atoms with Crippen LogP contribution in [0, 0.1) is 0 Å². The van der Waals surface area contributed by atoms with E-state index in [1.54, 1.807) is 0 Å². The van der Waals surface area contributed by atoms with Gasteiger partial charge in [-0.05, 0) is 13.0 Å². The summed E-state index contributed by atoms with van der Waals surface area (Å²) in [6.07, 6.45) is 3.96. The van der Waals surface area contributed by atoms with E-state index in [4.69, 9.17) is 0 Å². The highest BCUT2D eigenvalue weighted by atomic mass is 16.3. The van der Waals surface area contributed by atoms with Crippen molar-refractivity contribution in [2.24, 2.45) is 7.05 Å². The third-order valence-electron chi connectivity index (χ3n) is 3.19. The zero-order valence-corrected chi connectivity index (χ0v) is 10.1. The number of aryl methyl sites for hydroxylation is 1. The number of piperazine rings is 1. The minimum absolute atomic E-state index is 0.707. The van der Waals surface area contributed by atoms with E-state index in [9.17, 15) is 5.11 Å². The second kappa shape index (κ2) is 4.57. The van der Waals surface area contributed by atoms with Crippen molar-refractivity contribution in [3.05, 3.63) is 24.0 Å². The van der Waals surface area contributed by atoms with Crippen LogP contribution >= 0.6 is 0 Å². The van der Waals surface area contributed by atoms with Gasteiger partial charge in [-0.3, -0.25) is 4.90 Å². The van der Waals surface area contributed by atoms with Crippen molar-refractivity contribution in [3.63, 3.8) is 0 Å². The first-order chi connectivity index (χ1) is 7.58. The largest absolute Gasteiger partial charge is 0.384 e. The monoisotopic (exact) mass is 223 g/mol. The molecule has 2 N–H and O–H groups in total. The van der Waals surface area contributed by atoms with E-state index in [0.717, 1.165) is 31.7 Å². The minimum atomic E-state index is -0.751. The van der Waals surface area contributed by atoms with Crippen molar-refractivity contribution >= 4 is 0 Å². The Labute approximate surface area is 96.9 Å². The molecule has 90 valence electrons. The number of hydrogen-bond donors (Lipinski definition) is 2. The van der Waals surface area contributed by atoms with Crippen molar-refractivity contribution in [1.82, 2.24) is 14.8 Å². The Hall–Kier alpha value is -0.840. The third kappa shape index (κ3) is 2.64. The second-order valence-electron chi connectivity index (χ2n) is 4.87. The number of aromatic nitrogens is 1. The first kappa shape index (κ1) is 11.6. The molecule has 16 heavy (non-hydrogen) atoms. The molecule has 2 heterocycles. The molecule has 1 aliphatic rings. The summed E-state index contributed by atoms with van der Waals surface area (Å²) in [5.74, 6) is 0. The van der Waals surface area contributed by atoms with Gasteiger partial charge in [0.2, 0.25) is 0 Å². The summed E-state index contributed by atoms with van der Waals surface area (Å²) in [6, 6.07) is 1.99. The van der Waals surface area contributed by atoms with Crippen molar-refractivity contribution in [1.29, 1.82) is 0 Å². The number of nitrogens with zero attached hydrogens (tertiary/aromatic N) is 2. The van der Waals surface area contributed by atoms with Gasteiger partial charge in [-0.1, -0.05) is 0 Å². The van der Waals surface area contributed by atoms with E-state index in [2.05, 4.69) is 10.2 Å². The molecule has 0 bridgehead atoms. The molecule has 2 rings (SSSR count). The fourth-order valence-electron chi connectivity index (χ4n) is 2.22. The zero-order chi connectivity index (χ0) is 11.6. The SMILES string of the molecule is Cn1ccc(C(C)(O)CN2CCNCC2)c1. The van der Waals surface area contributed by atoms with Crippen LogP contribution in [0.5, 0.6) is 0 Å². The number of β-amino-alcohol motifs (C(OH)–C–C–N with tert-alkyl or cyclic N) is 1. The van der Waals surface area contributed by atoms with Crippen LogP contribution in [0.3, 0.4) is 0 Å². The molecule has 0 aromatic carbocycles. The molecule has 0 saturated carbocycles. The van der Waals surface area contributed by atoms with Crippen LogP contribution in [-0.4, -0.2) is 47.3 Å². The van der Waals surface area contributed by atoms with Crippen LogP contribution in [0.1, 0.15) is 12.5 Å². The Kier molecular flexibility index (Phi) is 3.33. The van der Waals surface area contributed by atoms with E-state index in [1.165, 1.54) is 0 Å². The van der Waals surface area contributed by atoms with E-state index < -0.39 is 5.60 Å². The summed E-state index contributed by atoms with van der Waals surface area (Å²) in [5.41, 5.74) is 0.243. The standard InChI is InChI=1S/C12H21N3O/c1-12(16,11-3-6-14(2)9-11)10-15-7-4-13-5-8-15/h3,6,9,13,16H,4-5,7-8,10H2,1-2H3. The van der Waals surface area contributed by atoms with Crippen LogP contribution in [0.15, 0.2) is 18.5 Å². The minimum Gasteiger partial charge on any atom is -0.384 e. The van der Waals surface area contributed by atoms with E-state index >= 15 is 0 Å². The van der Waals surface area contributed by atoms with Gasteiger partial charge in [0.25, 0.3) is 0 Å². The molecule has 0 spiro atoms. The third-order valence-corrected chi connectivity index (χ3v) is 3.19. The van der Waals surface area contributed by atoms with Gasteiger partial charge in [-0.2, -0.15) is 0 Å². The Morgan fingerprint density at radius 2 is 2.12 bits per heavy atom. The molecule has 0 aliphatic carbocycles. The van der Waals surface area contributed by atoms with Gasteiger partial charge < -0.3 is 15.0 Å². The van der Waals surface area contributed by atoms with E-state index in [1.807, 2.05) is 37.0 Å². The number of rotatable bonds is 3. The van der Waals surface area contributed by atoms with Gasteiger partial charge in [0, 0.05) is 57.7 Å². The summed E-state index contributed by atoms with van der Waals surface area (Å²) >= 11 is 0. The quantitative estimate of drug-likeness (QED) is 0.765. The van der Waals surface area contributed by atoms with Gasteiger partial charge in [0.15, 0.2) is 0 Å². The molecule has 4 nitrogen and oxygen atoms in total. The highest BCUT2D eigenvalue weighted by Crippen LogP contribution is 2.22. The maximum absolute atomic E-state index is 10.5. The summed E-state index contributed by atoms with van der Waals surface area (Å²) < 4.78 is 1.97. The van der Waals surface area contributed by atoms with Gasteiger partial charge >= 0.3 is 0 Å². The molecular formula is C12H21N3O. The molecule has 1 aromatic rings. The topological polar surface area (TPSA) is 40.4 Å². The average Bonchev–Trinajstić information content (AvgIpc) is 2.66. The molecular weight excluding hydrogens is 202 g/mol. The normalized spacial score (nSPS) is 21.9. The maximum Gasteiger partial charge on any atom is 0.101 e. The van der Waals surface area contributed by atoms with Crippen LogP contribution in [0.2, 0.25) is 0 Å². The van der Waals surface area contributed by atoms with Crippen LogP contribution in [0.25, 0.3) is 0 Å². The summed E-state index contributed by atoms with van der Waals surface area (Å²) in [6.45, 7) is 6.67. The van der Waals surface area contributed by atoms with Gasteiger partial charge in [0.1, 0.15) is 5.60 Å². The van der Waals surface area contributed by atoms with Crippen molar-refractivity contribution in [2.75, 3.05) is 32.7 Å². The molecule has 1 aliphatic heterocycles. The smallest absolute Gasteiger partial charge is 0.101 e. The molecule has 1 aromatic heterocycles. The summed E-state index contributed by atoms with van der Waals surface area (Å²) in [4.78, 5) is 2.31. The fraction of sp³-hybridized carbons (Fsp3) is 0.667. The van der Waals surface area contributed by atoms with Crippen LogP contribution in [0.4, 0.5) is 0 Å². The van der Waals surface area contributed by atoms with Gasteiger partial charge in [0.05, 0.1) is 0 Å². The molecule has 1 saturated heterocycles. The van der Waals surface area contributed by atoms with Crippen LogP contribution in [-0.2, 0) is 12.6 Å². The highest BCUT2D eigenvalue weighted by molar-refractivity contribution is 5.18. The lowest BCUT2D eigenvalue weighted by molar-refractivity contribution is 0.0126. The predicted octanol–water partition coefficient (Wildman–Crippen LogP) is 0.138. The molecule has 4 heteroatoms. The van der Waals surface area contributed by atoms with Crippen molar-refractivity contribution in [3.8, 4) is 0 Å². The van der Waals surface area contributed by atoms with Crippen molar-refractivity contribution in [2.45, 2.75) is 12.5 Å². The molecule has 1 fully saturated rings. The number of nitrogens with one attached hydrogen (secondary N) is 1. The first-order valence-electron chi connectivity index (χ1n) is 5.86. The van der Waals surface area contributed by atoms with Gasteiger partial charge in [-0.15, -0.1) is 0 Å². The van der Waals surface area contributed by atoms with Crippen LogP contribution < -0.4 is 5.32 Å². The summed E-state index contributed by atoms with van der Waals surface area (Å²) in [7, 11) is 1.98. The molecule has 1 unspecified atom stereocenters. The van der Waals surface area contributed by atoms with E-state index in [0.29, 0.717) is 6.54 Å². The lowest BCUT2D eigenvalue weighted by Crippen LogP contribution is -2.48. The highest BCUT2D eigenvalue weighted by Gasteiger charge is 2.27. The lowest BCUT2D eigenvalue weighted by atomic mass is 9.98.